The fraction of sp³-hybridized carbons (Fsp3) is 0.167. The summed E-state index contributed by atoms with van der Waals surface area (Å²) in [7, 11) is 0. The summed E-state index contributed by atoms with van der Waals surface area (Å²) in [6, 6.07) is 11.6. The lowest BCUT2D eigenvalue weighted by Crippen LogP contribution is -2.04. The first-order chi connectivity index (χ1) is 8.25. The molecule has 0 spiro atoms. The molecule has 2 aromatic rings. The number of benzene rings is 1. The number of nitrogens with zero attached hydrogens (tertiary/aromatic N) is 2. The number of hydrogen-bond donors (Lipinski definition) is 1. The summed E-state index contributed by atoms with van der Waals surface area (Å²) in [6.07, 6.45) is 1.69. The molecule has 1 aromatic heterocycles. The van der Waals surface area contributed by atoms with E-state index in [0.29, 0.717) is 6.54 Å². The topological polar surface area (TPSA) is 55.1 Å². The van der Waals surface area contributed by atoms with Gasteiger partial charge in [0.15, 0.2) is 5.69 Å². The van der Waals surface area contributed by atoms with Gasteiger partial charge in [-0.1, -0.05) is 18.2 Å². The number of hydrogen-bond acceptors (Lipinski definition) is 3. The summed E-state index contributed by atoms with van der Waals surface area (Å²) in [5, 5.41) is 12.7. The van der Waals surface area contributed by atoms with Crippen molar-refractivity contribution in [2.75, 3.05) is 5.75 Å². The third-order valence-corrected chi connectivity index (χ3v) is 3.18. The minimum atomic E-state index is -0.987. The molecule has 0 radical (unpaired) electrons. The van der Waals surface area contributed by atoms with Crippen LogP contribution in [0.4, 0.5) is 0 Å². The van der Waals surface area contributed by atoms with Gasteiger partial charge >= 0.3 is 5.97 Å². The summed E-state index contributed by atoms with van der Waals surface area (Å²) >= 11 is 1.72. The van der Waals surface area contributed by atoms with E-state index in [1.165, 1.54) is 11.0 Å². The zero-order valence-electron chi connectivity index (χ0n) is 9.11. The molecule has 4 nitrogen and oxygen atoms in total. The van der Waals surface area contributed by atoms with Crippen LogP contribution in [0.2, 0.25) is 0 Å². The van der Waals surface area contributed by atoms with Gasteiger partial charge in [0.25, 0.3) is 0 Å². The Kier molecular flexibility index (Phi) is 3.82. The molecule has 0 saturated heterocycles. The largest absolute Gasteiger partial charge is 0.476 e. The Morgan fingerprint density at radius 2 is 2.06 bits per heavy atom. The Labute approximate surface area is 103 Å². The molecule has 0 aliphatic rings. The van der Waals surface area contributed by atoms with Crippen molar-refractivity contribution in [1.82, 2.24) is 9.78 Å². The second-order valence-electron chi connectivity index (χ2n) is 3.43. The van der Waals surface area contributed by atoms with Gasteiger partial charge in [-0.25, -0.2) is 4.79 Å². The Bertz CT molecular complexity index is 496. The van der Waals surface area contributed by atoms with Crippen molar-refractivity contribution in [2.24, 2.45) is 0 Å². The normalized spacial score (nSPS) is 10.4. The Morgan fingerprint density at radius 1 is 1.29 bits per heavy atom. The lowest BCUT2D eigenvalue weighted by atomic mass is 10.4. The number of carboxylic acid groups (broad SMARTS) is 1. The summed E-state index contributed by atoms with van der Waals surface area (Å²) < 4.78 is 1.65. The molecule has 1 aromatic carbocycles. The fourth-order valence-electron chi connectivity index (χ4n) is 1.37. The van der Waals surface area contributed by atoms with Crippen LogP contribution in [0.25, 0.3) is 0 Å². The van der Waals surface area contributed by atoms with Crippen LogP contribution in [-0.2, 0) is 6.54 Å². The molecule has 0 bridgehead atoms. The summed E-state index contributed by atoms with van der Waals surface area (Å²) in [6.45, 7) is 0.701. The van der Waals surface area contributed by atoms with Crippen molar-refractivity contribution in [2.45, 2.75) is 11.4 Å². The van der Waals surface area contributed by atoms with E-state index in [0.717, 1.165) is 5.75 Å². The van der Waals surface area contributed by atoms with Gasteiger partial charge in [0, 0.05) is 16.8 Å². The van der Waals surface area contributed by atoms with Gasteiger partial charge in [0.05, 0.1) is 6.54 Å². The van der Waals surface area contributed by atoms with Crippen LogP contribution < -0.4 is 0 Å². The van der Waals surface area contributed by atoms with E-state index >= 15 is 0 Å². The van der Waals surface area contributed by atoms with Gasteiger partial charge in [-0.15, -0.1) is 11.8 Å². The zero-order chi connectivity index (χ0) is 12.1. The Morgan fingerprint density at radius 3 is 2.71 bits per heavy atom. The molecular formula is C12H12N2O2S. The molecule has 0 atom stereocenters. The van der Waals surface area contributed by atoms with E-state index in [1.54, 1.807) is 22.6 Å². The number of aromatic nitrogens is 2. The Hall–Kier alpha value is -1.75. The maximum Gasteiger partial charge on any atom is 0.356 e. The highest BCUT2D eigenvalue weighted by atomic mass is 32.2. The second-order valence-corrected chi connectivity index (χ2v) is 4.60. The first kappa shape index (κ1) is 11.7. The lowest BCUT2D eigenvalue weighted by Gasteiger charge is -2.01. The van der Waals surface area contributed by atoms with Crippen LogP contribution in [0.3, 0.4) is 0 Å². The predicted octanol–water partition coefficient (Wildman–Crippen LogP) is 2.37. The van der Waals surface area contributed by atoms with Gasteiger partial charge in [0.1, 0.15) is 0 Å². The van der Waals surface area contributed by atoms with Crippen LogP contribution in [0, 0.1) is 0 Å². The number of aryl methyl sites for hydroxylation is 1. The molecule has 1 N–H and O–H groups in total. The third-order valence-electron chi connectivity index (χ3n) is 2.19. The maximum absolute atomic E-state index is 10.6. The highest BCUT2D eigenvalue weighted by Crippen LogP contribution is 2.16. The van der Waals surface area contributed by atoms with Crippen LogP contribution >= 0.6 is 11.8 Å². The van der Waals surface area contributed by atoms with E-state index in [9.17, 15) is 4.79 Å². The van der Waals surface area contributed by atoms with Crippen LogP contribution in [0.5, 0.6) is 0 Å². The standard InChI is InChI=1S/C12H12N2O2S/c15-12(16)11-6-7-14(13-11)8-9-17-10-4-2-1-3-5-10/h1-7H,8-9H2,(H,15,16). The maximum atomic E-state index is 10.6. The first-order valence-corrected chi connectivity index (χ1v) is 6.19. The molecule has 0 amide bonds. The van der Waals surface area contributed by atoms with Crippen LogP contribution in [0.15, 0.2) is 47.5 Å². The molecule has 5 heteroatoms. The van der Waals surface area contributed by atoms with Crippen molar-refractivity contribution in [3.8, 4) is 0 Å². The smallest absolute Gasteiger partial charge is 0.356 e. The second kappa shape index (κ2) is 5.54. The monoisotopic (exact) mass is 248 g/mol. The average Bonchev–Trinajstić information content (AvgIpc) is 2.79. The molecule has 88 valence electrons. The number of aromatic carboxylic acids is 1. The molecule has 2 rings (SSSR count). The molecule has 0 aliphatic heterocycles. The number of rotatable bonds is 5. The molecule has 17 heavy (non-hydrogen) atoms. The highest BCUT2D eigenvalue weighted by Gasteiger charge is 2.05. The van der Waals surface area contributed by atoms with Gasteiger partial charge < -0.3 is 5.11 Å². The summed E-state index contributed by atoms with van der Waals surface area (Å²) in [4.78, 5) is 11.8. The summed E-state index contributed by atoms with van der Waals surface area (Å²) in [5.74, 6) is -0.121. The van der Waals surface area contributed by atoms with Gasteiger partial charge in [-0.2, -0.15) is 5.10 Å². The van der Waals surface area contributed by atoms with Crippen molar-refractivity contribution >= 4 is 17.7 Å². The minimum Gasteiger partial charge on any atom is -0.476 e. The molecule has 0 fully saturated rings. The number of carbonyl (C=O) groups is 1. The highest BCUT2D eigenvalue weighted by molar-refractivity contribution is 7.99. The van der Waals surface area contributed by atoms with Crippen LogP contribution in [-0.4, -0.2) is 26.6 Å². The number of carboxylic acids is 1. The minimum absolute atomic E-state index is 0.0923. The zero-order valence-corrected chi connectivity index (χ0v) is 9.93. The van der Waals surface area contributed by atoms with E-state index in [2.05, 4.69) is 17.2 Å². The molecule has 0 unspecified atom stereocenters. The molecule has 0 aliphatic carbocycles. The van der Waals surface area contributed by atoms with E-state index in [4.69, 9.17) is 5.11 Å². The van der Waals surface area contributed by atoms with Crippen molar-refractivity contribution in [3.63, 3.8) is 0 Å². The molecular weight excluding hydrogens is 236 g/mol. The van der Waals surface area contributed by atoms with Crippen molar-refractivity contribution in [1.29, 1.82) is 0 Å². The van der Waals surface area contributed by atoms with E-state index < -0.39 is 5.97 Å². The lowest BCUT2D eigenvalue weighted by molar-refractivity contribution is 0.0689. The van der Waals surface area contributed by atoms with E-state index in [1.807, 2.05) is 18.2 Å². The number of thioether (sulfide) groups is 1. The van der Waals surface area contributed by atoms with E-state index in [-0.39, 0.29) is 5.69 Å². The summed E-state index contributed by atoms with van der Waals surface area (Å²) in [5.41, 5.74) is 0.0923. The Balaban J connectivity index is 1.84. The van der Waals surface area contributed by atoms with Gasteiger partial charge in [-0.05, 0) is 18.2 Å². The van der Waals surface area contributed by atoms with Crippen molar-refractivity contribution < 1.29 is 9.90 Å². The third kappa shape index (κ3) is 3.35. The molecule has 1 heterocycles. The van der Waals surface area contributed by atoms with Gasteiger partial charge in [0.2, 0.25) is 0 Å². The SMILES string of the molecule is O=C(O)c1ccn(CCSc2ccccc2)n1. The van der Waals surface area contributed by atoms with Crippen LogP contribution in [0.1, 0.15) is 10.5 Å². The fourth-order valence-corrected chi connectivity index (χ4v) is 2.24. The van der Waals surface area contributed by atoms with Gasteiger partial charge in [-0.3, -0.25) is 4.68 Å². The van der Waals surface area contributed by atoms with Crippen molar-refractivity contribution in [3.05, 3.63) is 48.3 Å². The molecule has 0 saturated carbocycles. The first-order valence-electron chi connectivity index (χ1n) is 5.20. The predicted molar refractivity (Wildman–Crippen MR) is 66.4 cm³/mol. The average molecular weight is 248 g/mol. The quantitative estimate of drug-likeness (QED) is 0.825.